The largest absolute Gasteiger partial charge is 0.384 e. The molecule has 1 saturated heterocycles. The first kappa shape index (κ1) is 18.4. The SMILES string of the molecule is CCN(C(=O)CCNc1cc(Cl)cc(Cl)c1)C1CCS(=O)(=O)C1. The molecule has 1 aromatic rings. The van der Waals surface area contributed by atoms with Crippen molar-refractivity contribution in [2.24, 2.45) is 0 Å². The van der Waals surface area contributed by atoms with E-state index in [1.165, 1.54) is 0 Å². The van der Waals surface area contributed by atoms with E-state index in [4.69, 9.17) is 23.2 Å². The van der Waals surface area contributed by atoms with Crippen LogP contribution in [0.3, 0.4) is 0 Å². The molecule has 1 fully saturated rings. The van der Waals surface area contributed by atoms with Gasteiger partial charge in [-0.1, -0.05) is 23.2 Å². The predicted molar refractivity (Wildman–Crippen MR) is 94.0 cm³/mol. The molecule has 1 atom stereocenters. The molecule has 0 aliphatic carbocycles. The van der Waals surface area contributed by atoms with E-state index in [9.17, 15) is 13.2 Å². The minimum atomic E-state index is -3.00. The molecule has 0 radical (unpaired) electrons. The van der Waals surface area contributed by atoms with Crippen LogP contribution in [0.2, 0.25) is 10.0 Å². The molecule has 0 saturated carbocycles. The Morgan fingerprint density at radius 1 is 1.30 bits per heavy atom. The molecule has 1 unspecified atom stereocenters. The number of anilines is 1. The fraction of sp³-hybridized carbons (Fsp3) is 0.533. The first-order valence-corrected chi connectivity index (χ1v) is 10.1. The molecule has 128 valence electrons. The minimum absolute atomic E-state index is 0.0461. The summed E-state index contributed by atoms with van der Waals surface area (Å²) in [7, 11) is -3.00. The Bertz CT molecular complexity index is 659. The van der Waals surface area contributed by atoms with Crippen LogP contribution in [0, 0.1) is 0 Å². The Morgan fingerprint density at radius 2 is 1.96 bits per heavy atom. The lowest BCUT2D eigenvalue weighted by Gasteiger charge is -2.27. The Balaban J connectivity index is 1.88. The highest BCUT2D eigenvalue weighted by atomic mass is 35.5. The molecular weight excluding hydrogens is 359 g/mol. The van der Waals surface area contributed by atoms with E-state index in [2.05, 4.69) is 5.32 Å². The highest BCUT2D eigenvalue weighted by molar-refractivity contribution is 7.91. The van der Waals surface area contributed by atoms with E-state index in [0.29, 0.717) is 29.6 Å². The summed E-state index contributed by atoms with van der Waals surface area (Å²) in [5.74, 6) is 0.195. The quantitative estimate of drug-likeness (QED) is 0.826. The summed E-state index contributed by atoms with van der Waals surface area (Å²) in [4.78, 5) is 14.0. The van der Waals surface area contributed by atoms with E-state index in [-0.39, 0.29) is 29.9 Å². The Labute approximate surface area is 146 Å². The number of halogens is 2. The van der Waals surface area contributed by atoms with Gasteiger partial charge >= 0.3 is 0 Å². The van der Waals surface area contributed by atoms with Crippen LogP contribution in [0.25, 0.3) is 0 Å². The topological polar surface area (TPSA) is 66.5 Å². The standard InChI is InChI=1S/C15H20Cl2N2O3S/c1-2-19(14-4-6-23(21,22)10-14)15(20)3-5-18-13-8-11(16)7-12(17)9-13/h7-9,14,18H,2-6,10H2,1H3. The fourth-order valence-electron chi connectivity index (χ4n) is 2.77. The zero-order chi connectivity index (χ0) is 17.0. The summed E-state index contributed by atoms with van der Waals surface area (Å²) in [6.45, 7) is 2.82. The number of sulfone groups is 1. The van der Waals surface area contributed by atoms with Gasteiger partial charge in [0.2, 0.25) is 5.91 Å². The Hall–Kier alpha value is -0.980. The normalized spacial score (nSPS) is 19.5. The summed E-state index contributed by atoms with van der Waals surface area (Å²) in [5.41, 5.74) is 0.752. The van der Waals surface area contributed by atoms with Crippen LogP contribution in [0.5, 0.6) is 0 Å². The van der Waals surface area contributed by atoms with Gasteiger partial charge in [-0.25, -0.2) is 8.42 Å². The van der Waals surface area contributed by atoms with Gasteiger partial charge in [0.15, 0.2) is 9.84 Å². The van der Waals surface area contributed by atoms with Gasteiger partial charge < -0.3 is 10.2 Å². The second-order valence-electron chi connectivity index (χ2n) is 5.57. The number of carbonyl (C=O) groups excluding carboxylic acids is 1. The summed E-state index contributed by atoms with van der Waals surface area (Å²) >= 11 is 11.8. The molecule has 2 rings (SSSR count). The summed E-state index contributed by atoms with van der Waals surface area (Å²) in [6.07, 6.45) is 0.813. The van der Waals surface area contributed by atoms with Crippen molar-refractivity contribution >= 4 is 44.6 Å². The van der Waals surface area contributed by atoms with Crippen molar-refractivity contribution in [3.8, 4) is 0 Å². The van der Waals surface area contributed by atoms with Crippen molar-refractivity contribution in [3.63, 3.8) is 0 Å². The van der Waals surface area contributed by atoms with E-state index >= 15 is 0 Å². The number of carbonyl (C=O) groups is 1. The minimum Gasteiger partial charge on any atom is -0.384 e. The van der Waals surface area contributed by atoms with E-state index in [1.54, 1.807) is 23.1 Å². The smallest absolute Gasteiger partial charge is 0.224 e. The second-order valence-corrected chi connectivity index (χ2v) is 8.67. The maximum absolute atomic E-state index is 12.3. The van der Waals surface area contributed by atoms with Gasteiger partial charge in [0.05, 0.1) is 11.5 Å². The molecule has 5 nitrogen and oxygen atoms in total. The highest BCUT2D eigenvalue weighted by Crippen LogP contribution is 2.22. The number of benzene rings is 1. The van der Waals surface area contributed by atoms with Gasteiger partial charge in [-0.2, -0.15) is 0 Å². The number of hydrogen-bond donors (Lipinski definition) is 1. The van der Waals surface area contributed by atoms with Crippen LogP contribution in [-0.2, 0) is 14.6 Å². The van der Waals surface area contributed by atoms with Gasteiger partial charge in [0.25, 0.3) is 0 Å². The van der Waals surface area contributed by atoms with E-state index in [0.717, 1.165) is 5.69 Å². The second kappa shape index (κ2) is 7.73. The maximum atomic E-state index is 12.3. The van der Waals surface area contributed by atoms with Crippen LogP contribution >= 0.6 is 23.2 Å². The monoisotopic (exact) mass is 378 g/mol. The average molecular weight is 379 g/mol. The molecule has 1 N–H and O–H groups in total. The maximum Gasteiger partial charge on any atom is 0.224 e. The van der Waals surface area contributed by atoms with Crippen LogP contribution in [-0.4, -0.2) is 49.9 Å². The van der Waals surface area contributed by atoms with E-state index in [1.807, 2.05) is 6.92 Å². The van der Waals surface area contributed by atoms with Gasteiger partial charge in [-0.3, -0.25) is 4.79 Å². The third-order valence-electron chi connectivity index (χ3n) is 3.84. The average Bonchev–Trinajstić information content (AvgIpc) is 2.78. The Morgan fingerprint density at radius 3 is 2.48 bits per heavy atom. The number of rotatable bonds is 6. The molecule has 1 aromatic carbocycles. The van der Waals surface area contributed by atoms with Gasteiger partial charge in [-0.15, -0.1) is 0 Å². The van der Waals surface area contributed by atoms with Gasteiger partial charge in [0.1, 0.15) is 0 Å². The summed E-state index contributed by atoms with van der Waals surface area (Å²) < 4.78 is 23.1. The fourth-order valence-corrected chi connectivity index (χ4v) is 5.03. The van der Waals surface area contributed by atoms with Crippen molar-refractivity contribution < 1.29 is 13.2 Å². The number of nitrogens with zero attached hydrogens (tertiary/aromatic N) is 1. The molecule has 1 aliphatic heterocycles. The third-order valence-corrected chi connectivity index (χ3v) is 6.03. The molecule has 8 heteroatoms. The Kier molecular flexibility index (Phi) is 6.17. The number of nitrogens with one attached hydrogen (secondary N) is 1. The van der Waals surface area contributed by atoms with Crippen molar-refractivity contribution in [1.29, 1.82) is 0 Å². The molecule has 0 bridgehead atoms. The van der Waals surface area contributed by atoms with Gasteiger partial charge in [0, 0.05) is 41.3 Å². The number of hydrogen-bond acceptors (Lipinski definition) is 4. The lowest BCUT2D eigenvalue weighted by atomic mass is 10.2. The summed E-state index contributed by atoms with van der Waals surface area (Å²) in [5, 5.41) is 4.16. The lowest BCUT2D eigenvalue weighted by molar-refractivity contribution is -0.132. The molecule has 1 heterocycles. The molecule has 1 amide bonds. The third kappa shape index (κ3) is 5.26. The molecular formula is C15H20Cl2N2O3S. The van der Waals surface area contributed by atoms with Crippen molar-refractivity contribution in [2.75, 3.05) is 29.9 Å². The molecule has 23 heavy (non-hydrogen) atoms. The lowest BCUT2D eigenvalue weighted by Crippen LogP contribution is -2.41. The van der Waals surface area contributed by atoms with Crippen LogP contribution in [0.4, 0.5) is 5.69 Å². The van der Waals surface area contributed by atoms with Crippen molar-refractivity contribution in [2.45, 2.75) is 25.8 Å². The van der Waals surface area contributed by atoms with Crippen LogP contribution < -0.4 is 5.32 Å². The van der Waals surface area contributed by atoms with E-state index < -0.39 is 9.84 Å². The molecule has 0 aromatic heterocycles. The predicted octanol–water partition coefficient (Wildman–Crippen LogP) is 2.83. The first-order valence-electron chi connectivity index (χ1n) is 7.50. The molecule has 1 aliphatic rings. The summed E-state index contributed by atoms with van der Waals surface area (Å²) in [6, 6.07) is 4.91. The molecule has 0 spiro atoms. The van der Waals surface area contributed by atoms with Crippen molar-refractivity contribution in [1.82, 2.24) is 4.90 Å². The number of amides is 1. The zero-order valence-corrected chi connectivity index (χ0v) is 15.2. The first-order chi connectivity index (χ1) is 10.8. The van der Waals surface area contributed by atoms with Gasteiger partial charge in [-0.05, 0) is 31.5 Å². The van der Waals surface area contributed by atoms with Crippen molar-refractivity contribution in [3.05, 3.63) is 28.2 Å². The highest BCUT2D eigenvalue weighted by Gasteiger charge is 2.33. The zero-order valence-electron chi connectivity index (χ0n) is 12.9. The van der Waals surface area contributed by atoms with Crippen LogP contribution in [0.1, 0.15) is 19.8 Å². The van der Waals surface area contributed by atoms with Crippen LogP contribution in [0.15, 0.2) is 18.2 Å².